The second-order valence-corrected chi connectivity index (χ2v) is 6.93. The first-order valence-corrected chi connectivity index (χ1v) is 7.93. The molecule has 2 rings (SSSR count). The zero-order valence-corrected chi connectivity index (χ0v) is 14.6. The fourth-order valence-electron chi connectivity index (χ4n) is 2.07. The van der Waals surface area contributed by atoms with Crippen LogP contribution < -0.4 is 10.6 Å². The minimum atomic E-state index is -0.357. The molecule has 2 amide bonds. The zero-order valence-electron chi connectivity index (χ0n) is 13.9. The third-order valence-corrected chi connectivity index (χ3v) is 3.25. The molecular formula is C18H20ClN3O2. The second-order valence-electron chi connectivity index (χ2n) is 6.49. The van der Waals surface area contributed by atoms with Crippen molar-refractivity contribution in [2.45, 2.75) is 32.7 Å². The van der Waals surface area contributed by atoms with E-state index in [1.165, 1.54) is 6.20 Å². The summed E-state index contributed by atoms with van der Waals surface area (Å²) in [7, 11) is 0. The Morgan fingerprint density at radius 3 is 2.58 bits per heavy atom. The van der Waals surface area contributed by atoms with Crippen LogP contribution in [-0.2, 0) is 11.2 Å². The van der Waals surface area contributed by atoms with Crippen LogP contribution in [0.15, 0.2) is 42.6 Å². The van der Waals surface area contributed by atoms with Crippen molar-refractivity contribution in [2.75, 3.05) is 5.32 Å². The van der Waals surface area contributed by atoms with Crippen LogP contribution in [0.5, 0.6) is 0 Å². The first kappa shape index (κ1) is 17.9. The SMILES string of the molecule is CC(C)(C)NC(=O)c1cc(NC(=O)Cc2cccc(Cl)c2)ccn1. The highest BCUT2D eigenvalue weighted by molar-refractivity contribution is 6.30. The van der Waals surface area contributed by atoms with Crippen LogP contribution in [0.1, 0.15) is 36.8 Å². The Labute approximate surface area is 146 Å². The van der Waals surface area contributed by atoms with Gasteiger partial charge in [0, 0.05) is 22.4 Å². The Bertz CT molecular complexity index is 754. The van der Waals surface area contributed by atoms with Crippen molar-refractivity contribution in [3.8, 4) is 0 Å². The Hall–Kier alpha value is -2.40. The summed E-state index contributed by atoms with van der Waals surface area (Å²) in [6.07, 6.45) is 1.69. The van der Waals surface area contributed by atoms with E-state index >= 15 is 0 Å². The number of amides is 2. The summed E-state index contributed by atoms with van der Waals surface area (Å²) in [5.41, 5.74) is 1.24. The van der Waals surface area contributed by atoms with E-state index in [4.69, 9.17) is 11.6 Å². The van der Waals surface area contributed by atoms with Gasteiger partial charge < -0.3 is 10.6 Å². The number of hydrogen-bond donors (Lipinski definition) is 2. The van der Waals surface area contributed by atoms with Gasteiger partial charge in [0.15, 0.2) is 0 Å². The number of halogens is 1. The van der Waals surface area contributed by atoms with Gasteiger partial charge in [0.25, 0.3) is 5.91 Å². The maximum atomic E-state index is 12.1. The Morgan fingerprint density at radius 2 is 1.92 bits per heavy atom. The Kier molecular flexibility index (Phi) is 5.57. The van der Waals surface area contributed by atoms with Crippen molar-refractivity contribution in [1.29, 1.82) is 0 Å². The number of pyridine rings is 1. The van der Waals surface area contributed by atoms with Gasteiger partial charge in [-0.15, -0.1) is 0 Å². The molecule has 0 atom stereocenters. The standard InChI is InChI=1S/C18H20ClN3O2/c1-18(2,3)22-17(24)15-11-14(7-8-20-15)21-16(23)10-12-5-4-6-13(19)9-12/h4-9,11H,10H2,1-3H3,(H,22,24)(H,20,21,23). The van der Waals surface area contributed by atoms with E-state index in [9.17, 15) is 9.59 Å². The van der Waals surface area contributed by atoms with Crippen molar-refractivity contribution < 1.29 is 9.59 Å². The maximum Gasteiger partial charge on any atom is 0.270 e. The molecule has 2 N–H and O–H groups in total. The minimum absolute atomic E-state index is 0.189. The largest absolute Gasteiger partial charge is 0.346 e. The molecule has 0 saturated carbocycles. The highest BCUT2D eigenvalue weighted by atomic mass is 35.5. The molecule has 0 fully saturated rings. The van der Waals surface area contributed by atoms with Gasteiger partial charge >= 0.3 is 0 Å². The summed E-state index contributed by atoms with van der Waals surface area (Å²) in [6.45, 7) is 5.67. The lowest BCUT2D eigenvalue weighted by molar-refractivity contribution is -0.115. The summed E-state index contributed by atoms with van der Waals surface area (Å²) in [6, 6.07) is 10.3. The molecule has 0 saturated heterocycles. The lowest BCUT2D eigenvalue weighted by atomic mass is 10.1. The number of hydrogen-bond acceptors (Lipinski definition) is 3. The summed E-state index contributed by atoms with van der Waals surface area (Å²) >= 11 is 5.91. The topological polar surface area (TPSA) is 71.1 Å². The molecule has 24 heavy (non-hydrogen) atoms. The van der Waals surface area contributed by atoms with Crippen LogP contribution >= 0.6 is 11.6 Å². The average Bonchev–Trinajstić information content (AvgIpc) is 2.45. The third-order valence-electron chi connectivity index (χ3n) is 3.02. The van der Waals surface area contributed by atoms with Crippen molar-refractivity contribution in [2.24, 2.45) is 0 Å². The molecule has 0 spiro atoms. The predicted molar refractivity (Wildman–Crippen MR) is 95.2 cm³/mol. The van der Waals surface area contributed by atoms with Gasteiger partial charge in [-0.05, 0) is 50.6 Å². The van der Waals surface area contributed by atoms with Crippen LogP contribution in [0.3, 0.4) is 0 Å². The van der Waals surface area contributed by atoms with Gasteiger partial charge in [0.05, 0.1) is 6.42 Å². The van der Waals surface area contributed by atoms with Gasteiger partial charge in [0.1, 0.15) is 5.69 Å². The lowest BCUT2D eigenvalue weighted by Gasteiger charge is -2.20. The summed E-state index contributed by atoms with van der Waals surface area (Å²) in [5, 5.41) is 6.19. The number of aromatic nitrogens is 1. The number of carbonyl (C=O) groups excluding carboxylic acids is 2. The Balaban J connectivity index is 2.03. The molecular weight excluding hydrogens is 326 g/mol. The molecule has 0 aliphatic rings. The summed E-state index contributed by atoms with van der Waals surface area (Å²) in [4.78, 5) is 28.3. The van der Waals surface area contributed by atoms with E-state index in [0.717, 1.165) is 5.56 Å². The lowest BCUT2D eigenvalue weighted by Crippen LogP contribution is -2.40. The van der Waals surface area contributed by atoms with Gasteiger partial charge in [-0.2, -0.15) is 0 Å². The second kappa shape index (κ2) is 7.45. The van der Waals surface area contributed by atoms with E-state index < -0.39 is 0 Å². The van der Waals surface area contributed by atoms with Crippen LogP contribution in [0.4, 0.5) is 5.69 Å². The molecule has 6 heteroatoms. The Morgan fingerprint density at radius 1 is 1.17 bits per heavy atom. The van der Waals surface area contributed by atoms with E-state index in [-0.39, 0.29) is 29.5 Å². The fourth-order valence-corrected chi connectivity index (χ4v) is 2.29. The maximum absolute atomic E-state index is 12.1. The molecule has 0 bridgehead atoms. The molecule has 2 aromatic rings. The zero-order chi connectivity index (χ0) is 17.7. The molecule has 1 heterocycles. The fraction of sp³-hybridized carbons (Fsp3) is 0.278. The van der Waals surface area contributed by atoms with Crippen molar-refractivity contribution in [3.63, 3.8) is 0 Å². The van der Waals surface area contributed by atoms with Crippen molar-refractivity contribution >= 4 is 29.1 Å². The van der Waals surface area contributed by atoms with E-state index in [0.29, 0.717) is 10.7 Å². The number of carbonyl (C=O) groups is 2. The van der Waals surface area contributed by atoms with Crippen LogP contribution in [0.25, 0.3) is 0 Å². The van der Waals surface area contributed by atoms with Gasteiger partial charge in [-0.1, -0.05) is 23.7 Å². The summed E-state index contributed by atoms with van der Waals surface area (Å²) in [5.74, 6) is -0.473. The quantitative estimate of drug-likeness (QED) is 0.891. The number of benzene rings is 1. The summed E-state index contributed by atoms with van der Waals surface area (Å²) < 4.78 is 0. The highest BCUT2D eigenvalue weighted by Gasteiger charge is 2.16. The molecule has 1 aromatic heterocycles. The van der Waals surface area contributed by atoms with Crippen molar-refractivity contribution in [1.82, 2.24) is 10.3 Å². The average molecular weight is 346 g/mol. The molecule has 0 unspecified atom stereocenters. The van der Waals surface area contributed by atoms with E-state index in [1.54, 1.807) is 30.3 Å². The monoisotopic (exact) mass is 345 g/mol. The number of anilines is 1. The van der Waals surface area contributed by atoms with Crippen LogP contribution in [0.2, 0.25) is 5.02 Å². The third kappa shape index (κ3) is 5.66. The first-order chi connectivity index (χ1) is 11.2. The van der Waals surface area contributed by atoms with Crippen LogP contribution in [0, 0.1) is 0 Å². The first-order valence-electron chi connectivity index (χ1n) is 7.56. The van der Waals surface area contributed by atoms with Gasteiger partial charge in [-0.25, -0.2) is 0 Å². The number of rotatable bonds is 4. The van der Waals surface area contributed by atoms with Gasteiger partial charge in [0.2, 0.25) is 5.91 Å². The minimum Gasteiger partial charge on any atom is -0.346 e. The molecule has 0 aliphatic carbocycles. The van der Waals surface area contributed by atoms with E-state index in [1.807, 2.05) is 26.8 Å². The molecule has 126 valence electrons. The van der Waals surface area contributed by atoms with Crippen molar-refractivity contribution in [3.05, 3.63) is 58.9 Å². The smallest absolute Gasteiger partial charge is 0.270 e. The normalized spacial score (nSPS) is 11.0. The molecule has 0 radical (unpaired) electrons. The molecule has 0 aliphatic heterocycles. The molecule has 5 nitrogen and oxygen atoms in total. The van der Waals surface area contributed by atoms with Gasteiger partial charge in [-0.3, -0.25) is 14.6 Å². The number of nitrogens with one attached hydrogen (secondary N) is 2. The van der Waals surface area contributed by atoms with Crippen LogP contribution in [-0.4, -0.2) is 22.3 Å². The number of nitrogens with zero attached hydrogens (tertiary/aromatic N) is 1. The molecule has 1 aromatic carbocycles. The van der Waals surface area contributed by atoms with E-state index in [2.05, 4.69) is 15.6 Å². The predicted octanol–water partition coefficient (Wildman–Crippen LogP) is 3.44. The highest BCUT2D eigenvalue weighted by Crippen LogP contribution is 2.13.